The minimum absolute atomic E-state index is 0.141. The Morgan fingerprint density at radius 2 is 2.05 bits per heavy atom. The molecule has 1 unspecified atom stereocenters. The predicted octanol–water partition coefficient (Wildman–Crippen LogP) is 3.63. The highest BCUT2D eigenvalue weighted by molar-refractivity contribution is 5.43. The van der Waals surface area contributed by atoms with Crippen LogP contribution in [-0.2, 0) is 11.3 Å². The number of halogens is 1. The molecule has 1 aromatic carbocycles. The molecular formula is C16H19FN2O. The Morgan fingerprint density at radius 3 is 2.80 bits per heavy atom. The van der Waals surface area contributed by atoms with E-state index in [2.05, 4.69) is 10.3 Å². The quantitative estimate of drug-likeness (QED) is 0.783. The van der Waals surface area contributed by atoms with Gasteiger partial charge in [-0.1, -0.05) is 30.3 Å². The lowest BCUT2D eigenvalue weighted by Crippen LogP contribution is -2.18. The lowest BCUT2D eigenvalue weighted by molar-refractivity contribution is 0.116. The van der Waals surface area contributed by atoms with Crippen molar-refractivity contribution in [2.24, 2.45) is 0 Å². The van der Waals surface area contributed by atoms with Crippen LogP contribution in [0, 0.1) is 5.82 Å². The Hall–Kier alpha value is -1.94. The van der Waals surface area contributed by atoms with Crippen molar-refractivity contribution in [2.45, 2.75) is 26.0 Å². The normalized spacial score (nSPS) is 12.1. The van der Waals surface area contributed by atoms with Crippen molar-refractivity contribution in [1.82, 2.24) is 4.98 Å². The van der Waals surface area contributed by atoms with Crippen LogP contribution in [0.25, 0.3) is 0 Å². The maximum atomic E-state index is 13.4. The van der Waals surface area contributed by atoms with Gasteiger partial charge in [-0.2, -0.15) is 0 Å². The molecule has 0 spiro atoms. The fraction of sp³-hybridized carbons (Fsp3) is 0.312. The molecule has 0 aliphatic rings. The van der Waals surface area contributed by atoms with E-state index in [9.17, 15) is 4.39 Å². The van der Waals surface area contributed by atoms with Crippen LogP contribution in [0.1, 0.15) is 18.9 Å². The van der Waals surface area contributed by atoms with Gasteiger partial charge < -0.3 is 10.1 Å². The molecular weight excluding hydrogens is 255 g/mol. The van der Waals surface area contributed by atoms with Crippen LogP contribution < -0.4 is 5.32 Å². The van der Waals surface area contributed by atoms with E-state index in [-0.39, 0.29) is 11.9 Å². The Morgan fingerprint density at radius 1 is 1.25 bits per heavy atom. The van der Waals surface area contributed by atoms with Gasteiger partial charge in [0.15, 0.2) is 5.82 Å². The first-order chi connectivity index (χ1) is 9.75. The summed E-state index contributed by atoms with van der Waals surface area (Å²) in [5.74, 6) is -0.329. The zero-order valence-electron chi connectivity index (χ0n) is 11.6. The largest absolute Gasteiger partial charge is 0.380 e. The molecule has 1 N–H and O–H groups in total. The number of hydrogen-bond acceptors (Lipinski definition) is 3. The lowest BCUT2D eigenvalue weighted by Gasteiger charge is -2.15. The molecule has 3 nitrogen and oxygen atoms in total. The minimum atomic E-state index is -0.329. The van der Waals surface area contributed by atoms with Gasteiger partial charge in [0.05, 0.1) is 18.5 Å². The molecule has 0 radical (unpaired) electrons. The number of nitrogens with one attached hydrogen (secondary N) is 1. The second kappa shape index (κ2) is 7.60. The van der Waals surface area contributed by atoms with E-state index in [0.717, 1.165) is 12.0 Å². The van der Waals surface area contributed by atoms with Crippen molar-refractivity contribution in [3.63, 3.8) is 0 Å². The Balaban J connectivity index is 1.68. The second-order valence-electron chi connectivity index (χ2n) is 4.73. The summed E-state index contributed by atoms with van der Waals surface area (Å²) in [6.45, 7) is 3.25. The SMILES string of the molecule is CC(CCOCc1ccccc1)Nc1ccncc1F. The van der Waals surface area contributed by atoms with Gasteiger partial charge in [0.1, 0.15) is 0 Å². The third-order valence-electron chi connectivity index (χ3n) is 2.98. The smallest absolute Gasteiger partial charge is 0.164 e. The van der Waals surface area contributed by atoms with E-state index in [1.807, 2.05) is 37.3 Å². The van der Waals surface area contributed by atoms with Crippen molar-refractivity contribution < 1.29 is 9.13 Å². The van der Waals surface area contributed by atoms with Crippen molar-refractivity contribution >= 4 is 5.69 Å². The minimum Gasteiger partial charge on any atom is -0.380 e. The average molecular weight is 274 g/mol. The van der Waals surface area contributed by atoms with Gasteiger partial charge in [0.25, 0.3) is 0 Å². The summed E-state index contributed by atoms with van der Waals surface area (Å²) < 4.78 is 19.0. The summed E-state index contributed by atoms with van der Waals surface area (Å²) >= 11 is 0. The Kier molecular flexibility index (Phi) is 5.50. The molecule has 106 valence electrons. The number of aromatic nitrogens is 1. The van der Waals surface area contributed by atoms with E-state index in [1.165, 1.54) is 6.20 Å². The summed E-state index contributed by atoms with van der Waals surface area (Å²) in [5, 5.41) is 3.11. The van der Waals surface area contributed by atoms with Crippen molar-refractivity contribution in [1.29, 1.82) is 0 Å². The Labute approximate surface area is 118 Å². The van der Waals surface area contributed by atoms with Crippen molar-refractivity contribution in [3.8, 4) is 0 Å². The van der Waals surface area contributed by atoms with E-state index in [4.69, 9.17) is 4.74 Å². The van der Waals surface area contributed by atoms with Crippen LogP contribution in [0.4, 0.5) is 10.1 Å². The van der Waals surface area contributed by atoms with Crippen LogP contribution in [0.2, 0.25) is 0 Å². The molecule has 0 fully saturated rings. The van der Waals surface area contributed by atoms with Crippen LogP contribution in [0.5, 0.6) is 0 Å². The predicted molar refractivity (Wildman–Crippen MR) is 78.0 cm³/mol. The zero-order valence-corrected chi connectivity index (χ0v) is 11.6. The van der Waals surface area contributed by atoms with Gasteiger partial charge in [-0.3, -0.25) is 4.98 Å². The van der Waals surface area contributed by atoms with Gasteiger partial charge in [-0.15, -0.1) is 0 Å². The molecule has 1 aromatic heterocycles. The number of pyridine rings is 1. The highest BCUT2D eigenvalue weighted by Gasteiger charge is 2.06. The van der Waals surface area contributed by atoms with E-state index in [0.29, 0.717) is 18.9 Å². The van der Waals surface area contributed by atoms with Gasteiger partial charge in [-0.25, -0.2) is 4.39 Å². The van der Waals surface area contributed by atoms with Crippen LogP contribution >= 0.6 is 0 Å². The molecule has 0 saturated heterocycles. The monoisotopic (exact) mass is 274 g/mol. The maximum Gasteiger partial charge on any atom is 0.164 e. The van der Waals surface area contributed by atoms with Crippen molar-refractivity contribution in [3.05, 3.63) is 60.2 Å². The van der Waals surface area contributed by atoms with Crippen molar-refractivity contribution in [2.75, 3.05) is 11.9 Å². The fourth-order valence-corrected chi connectivity index (χ4v) is 1.85. The number of ether oxygens (including phenoxy) is 1. The first kappa shape index (κ1) is 14.5. The summed E-state index contributed by atoms with van der Waals surface area (Å²) in [7, 11) is 0. The van der Waals surface area contributed by atoms with E-state index in [1.54, 1.807) is 12.3 Å². The summed E-state index contributed by atoms with van der Waals surface area (Å²) in [6.07, 6.45) is 3.60. The number of benzene rings is 1. The highest BCUT2D eigenvalue weighted by atomic mass is 19.1. The molecule has 1 heterocycles. The molecule has 0 aliphatic heterocycles. The van der Waals surface area contributed by atoms with Crippen LogP contribution in [-0.4, -0.2) is 17.6 Å². The Bertz CT molecular complexity index is 519. The molecule has 1 atom stereocenters. The molecule has 2 aromatic rings. The topological polar surface area (TPSA) is 34.1 Å². The number of anilines is 1. The number of hydrogen-bond donors (Lipinski definition) is 1. The highest BCUT2D eigenvalue weighted by Crippen LogP contribution is 2.13. The number of rotatable bonds is 7. The fourth-order valence-electron chi connectivity index (χ4n) is 1.85. The standard InChI is InChI=1S/C16H19FN2O/c1-13(19-16-7-9-18-11-15(16)17)8-10-20-12-14-5-3-2-4-6-14/h2-7,9,11,13H,8,10,12H2,1H3,(H,18,19). The van der Waals surface area contributed by atoms with Gasteiger partial charge in [-0.05, 0) is 25.0 Å². The van der Waals surface area contributed by atoms with Gasteiger partial charge >= 0.3 is 0 Å². The first-order valence-electron chi connectivity index (χ1n) is 6.73. The molecule has 0 amide bonds. The number of nitrogens with zero attached hydrogens (tertiary/aromatic N) is 1. The second-order valence-corrected chi connectivity index (χ2v) is 4.73. The zero-order chi connectivity index (χ0) is 14.2. The molecule has 20 heavy (non-hydrogen) atoms. The first-order valence-corrected chi connectivity index (χ1v) is 6.73. The molecule has 2 rings (SSSR count). The van der Waals surface area contributed by atoms with Gasteiger partial charge in [0.2, 0.25) is 0 Å². The van der Waals surface area contributed by atoms with E-state index >= 15 is 0 Å². The van der Waals surface area contributed by atoms with Crippen LogP contribution in [0.15, 0.2) is 48.8 Å². The molecule has 0 aliphatic carbocycles. The third kappa shape index (κ3) is 4.63. The maximum absolute atomic E-state index is 13.4. The lowest BCUT2D eigenvalue weighted by atomic mass is 10.2. The molecule has 4 heteroatoms. The van der Waals surface area contributed by atoms with E-state index < -0.39 is 0 Å². The molecule has 0 bridgehead atoms. The summed E-state index contributed by atoms with van der Waals surface area (Å²) in [5.41, 5.74) is 1.64. The molecule has 0 saturated carbocycles. The van der Waals surface area contributed by atoms with Crippen LogP contribution in [0.3, 0.4) is 0 Å². The third-order valence-corrected chi connectivity index (χ3v) is 2.98. The summed E-state index contributed by atoms with van der Waals surface area (Å²) in [4.78, 5) is 3.72. The van der Waals surface area contributed by atoms with Gasteiger partial charge in [0, 0.05) is 18.8 Å². The average Bonchev–Trinajstić information content (AvgIpc) is 2.47. The summed E-state index contributed by atoms with van der Waals surface area (Å²) in [6, 6.07) is 11.8.